The van der Waals surface area contributed by atoms with Crippen molar-refractivity contribution < 1.29 is 9.53 Å². The average Bonchev–Trinajstić information content (AvgIpc) is 3.02. The number of carbonyl (C=O) groups excluding carboxylic acids is 1. The number of carbonyl (C=O) groups is 1. The standard InChI is InChI=1S/C13H7Cl3O2S/c14-6-1-2-7(8(15)5-6)12-13(18-12)11(17)9-3-4-10(16)19-9/h1-5,12-13H. The Balaban J connectivity index is 1.79. The fourth-order valence-corrected chi connectivity index (χ4v) is 3.39. The number of Topliss-reactive ketones (excluding diaryl/α,β-unsaturated/α-hetero) is 1. The molecular formula is C13H7Cl3O2S. The lowest BCUT2D eigenvalue weighted by atomic mass is 10.1. The minimum absolute atomic E-state index is 0.0621. The molecule has 1 aromatic heterocycles. The molecule has 2 aromatic rings. The van der Waals surface area contributed by atoms with Crippen molar-refractivity contribution in [3.63, 3.8) is 0 Å². The molecule has 19 heavy (non-hydrogen) atoms. The zero-order valence-electron chi connectivity index (χ0n) is 9.40. The summed E-state index contributed by atoms with van der Waals surface area (Å²) in [6, 6.07) is 8.56. The van der Waals surface area contributed by atoms with Gasteiger partial charge in [-0.25, -0.2) is 0 Å². The third kappa shape index (κ3) is 2.67. The molecule has 3 rings (SSSR count). The van der Waals surface area contributed by atoms with Gasteiger partial charge < -0.3 is 4.74 Å². The molecule has 0 aliphatic carbocycles. The van der Waals surface area contributed by atoms with Crippen LogP contribution >= 0.6 is 46.1 Å². The Morgan fingerprint density at radius 1 is 1.16 bits per heavy atom. The summed E-state index contributed by atoms with van der Waals surface area (Å²) in [7, 11) is 0. The first-order valence-electron chi connectivity index (χ1n) is 5.46. The van der Waals surface area contributed by atoms with Crippen LogP contribution in [-0.4, -0.2) is 11.9 Å². The van der Waals surface area contributed by atoms with Crippen molar-refractivity contribution in [3.8, 4) is 0 Å². The SMILES string of the molecule is O=C(c1ccc(Cl)s1)C1OC1c1ccc(Cl)cc1Cl. The van der Waals surface area contributed by atoms with Crippen LogP contribution in [0.2, 0.25) is 14.4 Å². The smallest absolute Gasteiger partial charge is 0.204 e. The van der Waals surface area contributed by atoms with E-state index in [1.807, 2.05) is 0 Å². The van der Waals surface area contributed by atoms with E-state index in [-0.39, 0.29) is 11.9 Å². The van der Waals surface area contributed by atoms with Crippen LogP contribution in [0, 0.1) is 0 Å². The molecule has 2 unspecified atom stereocenters. The summed E-state index contributed by atoms with van der Waals surface area (Å²) in [5.74, 6) is -0.0621. The van der Waals surface area contributed by atoms with Gasteiger partial charge in [0.05, 0.1) is 9.21 Å². The number of hydrogen-bond donors (Lipinski definition) is 0. The first-order chi connectivity index (χ1) is 9.06. The van der Waals surface area contributed by atoms with Gasteiger partial charge in [-0.2, -0.15) is 0 Å². The monoisotopic (exact) mass is 332 g/mol. The van der Waals surface area contributed by atoms with E-state index in [4.69, 9.17) is 39.5 Å². The zero-order chi connectivity index (χ0) is 13.6. The molecule has 0 spiro atoms. The lowest BCUT2D eigenvalue weighted by Gasteiger charge is -2.00. The molecule has 0 radical (unpaired) electrons. The van der Waals surface area contributed by atoms with E-state index in [1.165, 1.54) is 11.3 Å². The van der Waals surface area contributed by atoms with Gasteiger partial charge in [-0.3, -0.25) is 4.79 Å². The maximum atomic E-state index is 12.1. The van der Waals surface area contributed by atoms with Crippen LogP contribution in [0.3, 0.4) is 0 Å². The molecule has 0 saturated carbocycles. The molecule has 2 nitrogen and oxygen atoms in total. The van der Waals surface area contributed by atoms with Crippen LogP contribution < -0.4 is 0 Å². The van der Waals surface area contributed by atoms with Gasteiger partial charge in [0.1, 0.15) is 6.10 Å². The van der Waals surface area contributed by atoms with Crippen molar-refractivity contribution in [3.05, 3.63) is 55.2 Å². The predicted molar refractivity (Wildman–Crippen MR) is 77.7 cm³/mol. The first-order valence-corrected chi connectivity index (χ1v) is 7.41. The summed E-state index contributed by atoms with van der Waals surface area (Å²) < 4.78 is 6.02. The Bertz CT molecular complexity index is 653. The fourth-order valence-electron chi connectivity index (χ4n) is 1.87. The van der Waals surface area contributed by atoms with E-state index < -0.39 is 6.10 Å². The summed E-state index contributed by atoms with van der Waals surface area (Å²) in [6.07, 6.45) is -0.772. The van der Waals surface area contributed by atoms with Crippen LogP contribution in [0.5, 0.6) is 0 Å². The quantitative estimate of drug-likeness (QED) is 0.582. The van der Waals surface area contributed by atoms with Gasteiger partial charge in [0.2, 0.25) is 5.78 Å². The highest BCUT2D eigenvalue weighted by Gasteiger charge is 2.47. The van der Waals surface area contributed by atoms with E-state index in [9.17, 15) is 4.79 Å². The largest absolute Gasteiger partial charge is 0.356 e. The summed E-state index contributed by atoms with van der Waals surface area (Å²) in [5, 5.41) is 1.07. The van der Waals surface area contributed by atoms with Crippen molar-refractivity contribution in [1.82, 2.24) is 0 Å². The second-order valence-electron chi connectivity index (χ2n) is 4.11. The van der Waals surface area contributed by atoms with Gasteiger partial charge in [0, 0.05) is 15.6 Å². The third-order valence-electron chi connectivity index (χ3n) is 2.84. The minimum atomic E-state index is -0.478. The van der Waals surface area contributed by atoms with Gasteiger partial charge in [-0.1, -0.05) is 40.9 Å². The number of halogens is 3. The van der Waals surface area contributed by atoms with E-state index >= 15 is 0 Å². The molecule has 1 aliphatic rings. The van der Waals surface area contributed by atoms with Crippen LogP contribution in [0.25, 0.3) is 0 Å². The maximum absolute atomic E-state index is 12.1. The zero-order valence-corrected chi connectivity index (χ0v) is 12.5. The number of epoxide rings is 1. The summed E-state index contributed by atoms with van der Waals surface area (Å²) in [4.78, 5) is 12.7. The van der Waals surface area contributed by atoms with Gasteiger partial charge in [-0.15, -0.1) is 11.3 Å². The lowest BCUT2D eigenvalue weighted by molar-refractivity contribution is 0.0957. The number of hydrogen-bond acceptors (Lipinski definition) is 3. The molecule has 0 N–H and O–H groups in total. The van der Waals surface area contributed by atoms with E-state index in [0.29, 0.717) is 19.3 Å². The number of ketones is 1. The van der Waals surface area contributed by atoms with Crippen LogP contribution in [-0.2, 0) is 4.74 Å². The topological polar surface area (TPSA) is 29.6 Å². The van der Waals surface area contributed by atoms with Crippen LogP contribution in [0.1, 0.15) is 21.3 Å². The molecule has 1 fully saturated rings. The molecular weight excluding hydrogens is 327 g/mol. The fraction of sp³-hybridized carbons (Fsp3) is 0.154. The molecule has 1 aromatic carbocycles. The lowest BCUT2D eigenvalue weighted by Crippen LogP contribution is -2.06. The van der Waals surface area contributed by atoms with Crippen molar-refractivity contribution in [2.45, 2.75) is 12.2 Å². The highest BCUT2D eigenvalue weighted by molar-refractivity contribution is 7.18. The third-order valence-corrected chi connectivity index (χ3v) is 4.64. The van der Waals surface area contributed by atoms with Crippen molar-refractivity contribution in [2.24, 2.45) is 0 Å². The van der Waals surface area contributed by atoms with Crippen molar-refractivity contribution in [2.75, 3.05) is 0 Å². The Kier molecular flexibility index (Phi) is 3.58. The normalized spacial score (nSPS) is 21.4. The number of rotatable bonds is 3. The van der Waals surface area contributed by atoms with Crippen molar-refractivity contribution in [1.29, 1.82) is 0 Å². The number of ether oxygens (including phenoxy) is 1. The minimum Gasteiger partial charge on any atom is -0.356 e. The Labute approximate surface area is 128 Å². The van der Waals surface area contributed by atoms with Gasteiger partial charge in [0.15, 0.2) is 6.10 Å². The second-order valence-corrected chi connectivity index (χ2v) is 6.67. The summed E-state index contributed by atoms with van der Waals surface area (Å²) >= 11 is 19.0. The van der Waals surface area contributed by atoms with Gasteiger partial charge in [0.25, 0.3) is 0 Å². The first kappa shape index (κ1) is 13.4. The van der Waals surface area contributed by atoms with Gasteiger partial charge in [-0.05, 0) is 24.3 Å². The molecule has 2 atom stereocenters. The molecule has 1 aliphatic heterocycles. The molecule has 1 saturated heterocycles. The molecule has 6 heteroatoms. The average molecular weight is 334 g/mol. The Morgan fingerprint density at radius 3 is 2.58 bits per heavy atom. The molecule has 0 amide bonds. The summed E-state index contributed by atoms with van der Waals surface area (Å²) in [5.41, 5.74) is 0.784. The van der Waals surface area contributed by atoms with Gasteiger partial charge >= 0.3 is 0 Å². The van der Waals surface area contributed by atoms with E-state index in [1.54, 1.807) is 30.3 Å². The highest BCUT2D eigenvalue weighted by Crippen LogP contribution is 2.44. The van der Waals surface area contributed by atoms with Crippen molar-refractivity contribution >= 4 is 51.9 Å². The molecule has 98 valence electrons. The number of benzene rings is 1. The Hall–Kier alpha value is -0.580. The highest BCUT2D eigenvalue weighted by atomic mass is 35.5. The second kappa shape index (κ2) is 5.08. The molecule has 2 heterocycles. The molecule has 0 bridgehead atoms. The maximum Gasteiger partial charge on any atom is 0.204 e. The Morgan fingerprint density at radius 2 is 1.95 bits per heavy atom. The number of thiophene rings is 1. The van der Waals surface area contributed by atoms with E-state index in [0.717, 1.165) is 5.56 Å². The summed E-state index contributed by atoms with van der Waals surface area (Å²) in [6.45, 7) is 0. The predicted octanol–water partition coefficient (Wildman–Crippen LogP) is 5.03. The van der Waals surface area contributed by atoms with Crippen LogP contribution in [0.4, 0.5) is 0 Å². The van der Waals surface area contributed by atoms with E-state index in [2.05, 4.69) is 0 Å². The van der Waals surface area contributed by atoms with Crippen LogP contribution in [0.15, 0.2) is 30.3 Å².